The highest BCUT2D eigenvalue weighted by Gasteiger charge is 2.30. The molecule has 18 heavy (non-hydrogen) atoms. The minimum Gasteiger partial charge on any atom is -0.271 e. The van der Waals surface area contributed by atoms with E-state index < -0.39 is 9.84 Å². The Bertz CT molecular complexity index is 403. The maximum absolute atomic E-state index is 11.5. The number of rotatable bonds is 4. The van der Waals surface area contributed by atoms with Crippen LogP contribution < -0.4 is 11.3 Å². The molecule has 104 valence electrons. The van der Waals surface area contributed by atoms with Crippen LogP contribution in [-0.2, 0) is 9.84 Å². The Hall–Kier alpha value is -0.390. The van der Waals surface area contributed by atoms with E-state index in [2.05, 4.69) is 11.5 Å². The minimum atomic E-state index is -2.78. The van der Waals surface area contributed by atoms with Crippen LogP contribution in [0.5, 0.6) is 0 Å². The molecule has 2 rings (SSSR count). The normalized spacial score (nSPS) is 29.6. The van der Waals surface area contributed by atoms with Crippen LogP contribution in [0.25, 0.3) is 0 Å². The molecular formula is C13H24N2O2S. The standard InChI is InChI=1S/C13H24N2O2S/c14-15-13(12-5-3-1-2-4-6-12)9-11-7-8-18(16,17)10-11/h5,11,13,15H,1-4,6-10,14H2. The Morgan fingerprint density at radius 1 is 1.39 bits per heavy atom. The van der Waals surface area contributed by atoms with Crippen molar-refractivity contribution in [3.8, 4) is 0 Å². The molecule has 0 bridgehead atoms. The zero-order valence-corrected chi connectivity index (χ0v) is 11.7. The summed E-state index contributed by atoms with van der Waals surface area (Å²) in [6.45, 7) is 0. The number of nitrogens with one attached hydrogen (secondary N) is 1. The van der Waals surface area contributed by atoms with Gasteiger partial charge in [0.25, 0.3) is 0 Å². The van der Waals surface area contributed by atoms with Crippen molar-refractivity contribution < 1.29 is 8.42 Å². The highest BCUT2D eigenvalue weighted by molar-refractivity contribution is 7.91. The van der Waals surface area contributed by atoms with Crippen molar-refractivity contribution in [2.75, 3.05) is 11.5 Å². The molecule has 0 aromatic rings. The molecule has 1 saturated heterocycles. The third kappa shape index (κ3) is 3.80. The minimum absolute atomic E-state index is 0.168. The summed E-state index contributed by atoms with van der Waals surface area (Å²) in [7, 11) is -2.78. The number of hydrogen-bond donors (Lipinski definition) is 2. The van der Waals surface area contributed by atoms with Crippen LogP contribution in [0.3, 0.4) is 0 Å². The first kappa shape index (κ1) is 14.0. The van der Waals surface area contributed by atoms with Crippen molar-refractivity contribution in [3.05, 3.63) is 11.6 Å². The quantitative estimate of drug-likeness (QED) is 0.462. The third-order valence-electron chi connectivity index (χ3n) is 4.12. The van der Waals surface area contributed by atoms with Crippen molar-refractivity contribution in [1.29, 1.82) is 0 Å². The van der Waals surface area contributed by atoms with Gasteiger partial charge >= 0.3 is 0 Å². The number of hydrazine groups is 1. The van der Waals surface area contributed by atoms with Crippen LogP contribution in [0.4, 0.5) is 0 Å². The molecule has 1 heterocycles. The molecule has 0 radical (unpaired) electrons. The smallest absolute Gasteiger partial charge is 0.150 e. The fourth-order valence-corrected chi connectivity index (χ4v) is 4.95. The van der Waals surface area contributed by atoms with Gasteiger partial charge < -0.3 is 0 Å². The van der Waals surface area contributed by atoms with Crippen LogP contribution >= 0.6 is 0 Å². The molecular weight excluding hydrogens is 248 g/mol. The lowest BCUT2D eigenvalue weighted by atomic mass is 9.92. The molecule has 2 aliphatic rings. The van der Waals surface area contributed by atoms with Gasteiger partial charge in [-0.3, -0.25) is 11.3 Å². The Labute approximate surface area is 110 Å². The molecule has 1 fully saturated rings. The van der Waals surface area contributed by atoms with Gasteiger partial charge in [-0.1, -0.05) is 18.1 Å². The molecule has 2 unspecified atom stereocenters. The fraction of sp³-hybridized carbons (Fsp3) is 0.846. The summed E-state index contributed by atoms with van der Waals surface area (Å²) in [4.78, 5) is 0. The van der Waals surface area contributed by atoms with Gasteiger partial charge in [0.1, 0.15) is 0 Å². The van der Waals surface area contributed by atoms with Crippen LogP contribution in [-0.4, -0.2) is 26.0 Å². The molecule has 0 saturated carbocycles. The average molecular weight is 272 g/mol. The summed E-state index contributed by atoms with van der Waals surface area (Å²) >= 11 is 0. The second kappa shape index (κ2) is 6.17. The largest absolute Gasteiger partial charge is 0.271 e. The van der Waals surface area contributed by atoms with Crippen LogP contribution in [0.15, 0.2) is 11.6 Å². The predicted octanol–water partition coefficient (Wildman–Crippen LogP) is 1.53. The van der Waals surface area contributed by atoms with Crippen LogP contribution in [0.2, 0.25) is 0 Å². The van der Waals surface area contributed by atoms with Gasteiger partial charge in [-0.2, -0.15) is 0 Å². The van der Waals surface area contributed by atoms with E-state index in [1.54, 1.807) is 0 Å². The first-order valence-corrected chi connectivity index (χ1v) is 8.78. The third-order valence-corrected chi connectivity index (χ3v) is 5.96. The van der Waals surface area contributed by atoms with Crippen LogP contribution in [0, 0.1) is 5.92 Å². The van der Waals surface area contributed by atoms with Crippen molar-refractivity contribution >= 4 is 9.84 Å². The average Bonchev–Trinajstić information content (AvgIpc) is 2.57. The van der Waals surface area contributed by atoms with E-state index >= 15 is 0 Å². The van der Waals surface area contributed by atoms with E-state index in [0.717, 1.165) is 25.7 Å². The molecule has 2 atom stereocenters. The van der Waals surface area contributed by atoms with E-state index in [4.69, 9.17) is 5.84 Å². The molecule has 0 aromatic carbocycles. The van der Waals surface area contributed by atoms with E-state index in [1.807, 2.05) is 0 Å². The molecule has 3 N–H and O–H groups in total. The van der Waals surface area contributed by atoms with Crippen molar-refractivity contribution in [2.45, 2.75) is 51.0 Å². The molecule has 4 nitrogen and oxygen atoms in total. The lowest BCUT2D eigenvalue weighted by Gasteiger charge is -2.22. The zero-order valence-electron chi connectivity index (χ0n) is 10.9. The maximum atomic E-state index is 11.5. The fourth-order valence-electron chi connectivity index (χ4n) is 3.07. The summed E-state index contributed by atoms with van der Waals surface area (Å²) in [5.41, 5.74) is 4.28. The van der Waals surface area contributed by atoms with E-state index in [0.29, 0.717) is 11.5 Å². The van der Waals surface area contributed by atoms with Crippen molar-refractivity contribution in [2.24, 2.45) is 11.8 Å². The molecule has 1 aliphatic heterocycles. The zero-order chi connectivity index (χ0) is 13.0. The topological polar surface area (TPSA) is 72.2 Å². The van der Waals surface area contributed by atoms with Gasteiger partial charge in [-0.15, -0.1) is 0 Å². The second-order valence-corrected chi connectivity index (χ2v) is 7.83. The molecule has 1 aliphatic carbocycles. The van der Waals surface area contributed by atoms with Crippen LogP contribution in [0.1, 0.15) is 44.9 Å². The number of hydrogen-bond acceptors (Lipinski definition) is 4. The Morgan fingerprint density at radius 3 is 2.89 bits per heavy atom. The van der Waals surface area contributed by atoms with Gasteiger partial charge in [-0.25, -0.2) is 8.42 Å². The lowest BCUT2D eigenvalue weighted by Crippen LogP contribution is -2.38. The summed E-state index contributed by atoms with van der Waals surface area (Å²) in [5, 5.41) is 0. The van der Waals surface area contributed by atoms with E-state index in [-0.39, 0.29) is 12.0 Å². The SMILES string of the molecule is NNC(CC1CCS(=O)(=O)C1)C1=CCCCCC1. The Balaban J connectivity index is 1.94. The first-order chi connectivity index (χ1) is 8.61. The summed E-state index contributed by atoms with van der Waals surface area (Å²) in [6, 6.07) is 0.168. The summed E-state index contributed by atoms with van der Waals surface area (Å²) < 4.78 is 23.0. The number of allylic oxidation sites excluding steroid dienone is 1. The van der Waals surface area contributed by atoms with Gasteiger partial charge in [0.05, 0.1) is 11.5 Å². The van der Waals surface area contributed by atoms with Gasteiger partial charge in [0, 0.05) is 6.04 Å². The highest BCUT2D eigenvalue weighted by atomic mass is 32.2. The molecule has 0 aromatic heterocycles. The molecule has 0 amide bonds. The summed E-state index contributed by atoms with van der Waals surface area (Å²) in [6.07, 6.45) is 9.99. The second-order valence-electron chi connectivity index (χ2n) is 5.60. The first-order valence-electron chi connectivity index (χ1n) is 6.96. The number of sulfone groups is 1. The molecule has 5 heteroatoms. The van der Waals surface area contributed by atoms with E-state index in [1.165, 1.54) is 24.8 Å². The Kier molecular flexibility index (Phi) is 4.81. The monoisotopic (exact) mass is 272 g/mol. The van der Waals surface area contributed by atoms with Crippen molar-refractivity contribution in [3.63, 3.8) is 0 Å². The van der Waals surface area contributed by atoms with Crippen molar-refractivity contribution in [1.82, 2.24) is 5.43 Å². The van der Waals surface area contributed by atoms with Gasteiger partial charge in [0.2, 0.25) is 0 Å². The molecule has 0 spiro atoms. The Morgan fingerprint density at radius 2 is 2.22 bits per heavy atom. The maximum Gasteiger partial charge on any atom is 0.150 e. The van der Waals surface area contributed by atoms with Gasteiger partial charge in [-0.05, 0) is 44.4 Å². The number of nitrogens with two attached hydrogens (primary N) is 1. The van der Waals surface area contributed by atoms with Gasteiger partial charge in [0.15, 0.2) is 9.84 Å². The lowest BCUT2D eigenvalue weighted by molar-refractivity contribution is 0.438. The highest BCUT2D eigenvalue weighted by Crippen LogP contribution is 2.28. The predicted molar refractivity (Wildman–Crippen MR) is 73.7 cm³/mol. The summed E-state index contributed by atoms with van der Waals surface area (Å²) in [5.74, 6) is 6.64. The van der Waals surface area contributed by atoms with E-state index in [9.17, 15) is 8.42 Å².